The van der Waals surface area contributed by atoms with Gasteiger partial charge in [-0.25, -0.2) is 0 Å². The first kappa shape index (κ1) is 28.0. The molecule has 3 aromatic carbocycles. The molecule has 0 aliphatic heterocycles. The number of ether oxygens (including phenoxy) is 1. The molecule has 3 aromatic rings. The quantitative estimate of drug-likeness (QED) is 0.290. The third-order valence-electron chi connectivity index (χ3n) is 7.02. The van der Waals surface area contributed by atoms with E-state index >= 15 is 0 Å². The lowest BCUT2D eigenvalue weighted by molar-refractivity contribution is -0.143. The average molecular weight is 554 g/mol. The normalized spacial score (nSPS) is 14.2. The molecule has 2 amide bonds. The van der Waals surface area contributed by atoms with E-state index in [-0.39, 0.29) is 31.0 Å². The molecule has 1 fully saturated rings. The van der Waals surface area contributed by atoms with Gasteiger partial charge in [0.2, 0.25) is 5.91 Å². The van der Waals surface area contributed by atoms with Gasteiger partial charge in [0.25, 0.3) is 5.91 Å². The minimum Gasteiger partial charge on any atom is -0.484 e. The third kappa shape index (κ3) is 7.75. The first-order valence-corrected chi connectivity index (χ1v) is 14.0. The van der Waals surface area contributed by atoms with Crippen molar-refractivity contribution >= 4 is 35.0 Å². The molecule has 5 nitrogen and oxygen atoms in total. The summed E-state index contributed by atoms with van der Waals surface area (Å²) < 4.78 is 5.87. The zero-order valence-corrected chi connectivity index (χ0v) is 23.2. The van der Waals surface area contributed by atoms with Crippen molar-refractivity contribution in [2.24, 2.45) is 0 Å². The maximum Gasteiger partial charge on any atom is 0.261 e. The van der Waals surface area contributed by atoms with Gasteiger partial charge in [0.15, 0.2) is 6.61 Å². The first-order valence-electron chi connectivity index (χ1n) is 13.2. The molecule has 200 valence electrons. The van der Waals surface area contributed by atoms with Gasteiger partial charge < -0.3 is 15.0 Å². The Morgan fingerprint density at radius 1 is 0.974 bits per heavy atom. The van der Waals surface area contributed by atoms with Crippen molar-refractivity contribution in [1.82, 2.24) is 10.2 Å². The van der Waals surface area contributed by atoms with E-state index in [1.807, 2.05) is 54.6 Å². The van der Waals surface area contributed by atoms with Crippen molar-refractivity contribution < 1.29 is 14.3 Å². The fourth-order valence-electron chi connectivity index (χ4n) is 4.80. The molecule has 0 saturated heterocycles. The van der Waals surface area contributed by atoms with Crippen molar-refractivity contribution in [1.29, 1.82) is 0 Å². The van der Waals surface area contributed by atoms with Crippen LogP contribution in [-0.2, 0) is 29.0 Å². The molecule has 0 bridgehead atoms. The van der Waals surface area contributed by atoms with Gasteiger partial charge in [0, 0.05) is 29.1 Å². The predicted octanol–water partition coefficient (Wildman–Crippen LogP) is 6.63. The molecule has 1 aliphatic rings. The van der Waals surface area contributed by atoms with Gasteiger partial charge in [0.1, 0.15) is 11.8 Å². The number of amides is 2. The van der Waals surface area contributed by atoms with E-state index in [1.165, 1.54) is 5.56 Å². The Morgan fingerprint density at radius 3 is 2.34 bits per heavy atom. The van der Waals surface area contributed by atoms with Crippen molar-refractivity contribution in [2.75, 3.05) is 6.61 Å². The highest BCUT2D eigenvalue weighted by Gasteiger charge is 2.32. The second-order valence-electron chi connectivity index (χ2n) is 9.74. The molecule has 0 unspecified atom stereocenters. The van der Waals surface area contributed by atoms with E-state index in [4.69, 9.17) is 27.9 Å². The topological polar surface area (TPSA) is 58.6 Å². The molecule has 1 atom stereocenters. The van der Waals surface area contributed by atoms with Crippen LogP contribution in [0.1, 0.15) is 49.3 Å². The van der Waals surface area contributed by atoms with Crippen LogP contribution in [0.2, 0.25) is 10.0 Å². The molecule has 7 heteroatoms. The lowest BCUT2D eigenvalue weighted by atomic mass is 10.0. The summed E-state index contributed by atoms with van der Waals surface area (Å²) in [5.74, 6) is 0.152. The van der Waals surface area contributed by atoms with Gasteiger partial charge in [-0.3, -0.25) is 9.59 Å². The lowest BCUT2D eigenvalue weighted by Crippen LogP contribution is -2.53. The van der Waals surface area contributed by atoms with Crippen LogP contribution < -0.4 is 10.1 Å². The van der Waals surface area contributed by atoms with E-state index in [0.29, 0.717) is 27.8 Å². The van der Waals surface area contributed by atoms with Gasteiger partial charge >= 0.3 is 0 Å². The fourth-order valence-corrected chi connectivity index (χ4v) is 5.27. The van der Waals surface area contributed by atoms with Gasteiger partial charge in [-0.1, -0.05) is 91.5 Å². The fraction of sp³-hybridized carbons (Fsp3) is 0.355. The minimum atomic E-state index is -0.733. The summed E-state index contributed by atoms with van der Waals surface area (Å²) in [4.78, 5) is 29.1. The van der Waals surface area contributed by atoms with Crippen LogP contribution >= 0.6 is 23.2 Å². The Labute approximate surface area is 235 Å². The number of hydrogen-bond acceptors (Lipinski definition) is 3. The van der Waals surface area contributed by atoms with E-state index < -0.39 is 6.04 Å². The number of nitrogens with zero attached hydrogens (tertiary/aromatic N) is 1. The van der Waals surface area contributed by atoms with Crippen molar-refractivity contribution in [3.05, 3.63) is 99.5 Å². The maximum absolute atomic E-state index is 13.7. The lowest BCUT2D eigenvalue weighted by Gasteiger charge is -2.32. The zero-order valence-electron chi connectivity index (χ0n) is 21.7. The monoisotopic (exact) mass is 552 g/mol. The minimum absolute atomic E-state index is 0.130. The molecule has 1 N–H and O–H groups in total. The van der Waals surface area contributed by atoms with Crippen LogP contribution in [0.25, 0.3) is 0 Å². The molecule has 4 rings (SSSR count). The number of hydrogen-bond donors (Lipinski definition) is 1. The molecule has 0 heterocycles. The standard InChI is InChI=1S/C31H34Cl2N2O3/c1-2-22-12-16-27(17-13-22)38-21-30(36)35(20-24-14-15-25(32)19-28(24)33)29(18-23-8-4-3-5-9-23)31(37)34-26-10-6-7-11-26/h3-5,8-9,12-17,19,26,29H,2,6-7,10-11,18,20-21H2,1H3,(H,34,37)/t29-/m1/s1. The Hall–Kier alpha value is -3.02. The zero-order chi connectivity index (χ0) is 26.9. The van der Waals surface area contributed by atoms with Crippen molar-refractivity contribution in [2.45, 2.75) is 64.1 Å². The summed E-state index contributed by atoms with van der Waals surface area (Å²) >= 11 is 12.6. The Balaban J connectivity index is 1.62. The third-order valence-corrected chi connectivity index (χ3v) is 7.61. The largest absolute Gasteiger partial charge is 0.484 e. The highest BCUT2D eigenvalue weighted by Crippen LogP contribution is 2.25. The predicted molar refractivity (Wildman–Crippen MR) is 153 cm³/mol. The summed E-state index contributed by atoms with van der Waals surface area (Å²) in [6.07, 6.45) is 5.41. The summed E-state index contributed by atoms with van der Waals surface area (Å²) in [6, 6.07) is 22.0. The van der Waals surface area contributed by atoms with Gasteiger partial charge in [-0.15, -0.1) is 0 Å². The molecule has 1 saturated carbocycles. The maximum atomic E-state index is 13.7. The summed E-state index contributed by atoms with van der Waals surface area (Å²) in [7, 11) is 0. The number of halogens is 2. The van der Waals surface area contributed by atoms with Crippen molar-refractivity contribution in [3.63, 3.8) is 0 Å². The van der Waals surface area contributed by atoms with E-state index in [1.54, 1.807) is 23.1 Å². The summed E-state index contributed by atoms with van der Waals surface area (Å²) in [6.45, 7) is 2.05. The van der Waals surface area contributed by atoms with Gasteiger partial charge in [-0.2, -0.15) is 0 Å². The van der Waals surface area contributed by atoms with E-state index in [2.05, 4.69) is 12.2 Å². The van der Waals surface area contributed by atoms with E-state index in [0.717, 1.165) is 37.7 Å². The number of rotatable bonds is 11. The van der Waals surface area contributed by atoms with Gasteiger partial charge in [0.05, 0.1) is 0 Å². The average Bonchev–Trinajstić information content (AvgIpc) is 3.44. The van der Waals surface area contributed by atoms with E-state index in [9.17, 15) is 9.59 Å². The van der Waals surface area contributed by atoms with Crippen LogP contribution in [0.4, 0.5) is 0 Å². The van der Waals surface area contributed by atoms with Crippen LogP contribution in [-0.4, -0.2) is 35.4 Å². The first-order chi connectivity index (χ1) is 18.4. The summed E-state index contributed by atoms with van der Waals surface area (Å²) in [5.41, 5.74) is 2.87. The number of nitrogens with one attached hydrogen (secondary N) is 1. The smallest absolute Gasteiger partial charge is 0.261 e. The molecule has 0 radical (unpaired) electrons. The Bertz CT molecular complexity index is 1210. The Kier molecular flexibility index (Phi) is 10.1. The van der Waals surface area contributed by atoms with Crippen LogP contribution in [0, 0.1) is 0 Å². The molecule has 38 heavy (non-hydrogen) atoms. The number of carbonyl (C=O) groups excluding carboxylic acids is 2. The van der Waals surface area contributed by atoms with Crippen LogP contribution in [0.5, 0.6) is 5.75 Å². The molecular weight excluding hydrogens is 519 g/mol. The number of aryl methyl sites for hydroxylation is 1. The highest BCUT2D eigenvalue weighted by molar-refractivity contribution is 6.35. The summed E-state index contributed by atoms with van der Waals surface area (Å²) in [5, 5.41) is 4.16. The molecule has 0 spiro atoms. The number of carbonyl (C=O) groups is 2. The van der Waals surface area contributed by atoms with Gasteiger partial charge in [-0.05, 0) is 60.2 Å². The second-order valence-corrected chi connectivity index (χ2v) is 10.6. The Morgan fingerprint density at radius 2 is 1.68 bits per heavy atom. The SMILES string of the molecule is CCc1ccc(OCC(=O)N(Cc2ccc(Cl)cc2Cl)[C@H](Cc2ccccc2)C(=O)NC2CCCC2)cc1. The van der Waals surface area contributed by atoms with Crippen LogP contribution in [0.15, 0.2) is 72.8 Å². The molecule has 0 aromatic heterocycles. The number of benzene rings is 3. The molecule has 1 aliphatic carbocycles. The highest BCUT2D eigenvalue weighted by atomic mass is 35.5. The molecular formula is C31H34Cl2N2O3. The van der Waals surface area contributed by atoms with Crippen molar-refractivity contribution in [3.8, 4) is 5.75 Å². The second kappa shape index (κ2) is 13.7. The van der Waals surface area contributed by atoms with Crippen LogP contribution in [0.3, 0.4) is 0 Å².